The quantitative estimate of drug-likeness (QED) is 0.411. The molecule has 164 valence electrons. The lowest BCUT2D eigenvalue weighted by Crippen LogP contribution is -2.15. The summed E-state index contributed by atoms with van der Waals surface area (Å²) >= 11 is 11.9. The zero-order chi connectivity index (χ0) is 23.0. The molecule has 0 unspecified atom stereocenters. The lowest BCUT2D eigenvalue weighted by molar-refractivity contribution is -0.137. The van der Waals surface area contributed by atoms with Gasteiger partial charge in [-0.1, -0.05) is 23.2 Å². The van der Waals surface area contributed by atoms with Crippen LogP contribution in [0.4, 0.5) is 18.9 Å². The van der Waals surface area contributed by atoms with E-state index in [1.165, 1.54) is 24.3 Å². The molecule has 0 aliphatic heterocycles. The molecular weight excluding hydrogens is 474 g/mol. The first-order valence-electron chi connectivity index (χ1n) is 8.81. The number of anilines is 1. The van der Waals surface area contributed by atoms with E-state index < -0.39 is 21.8 Å². The van der Waals surface area contributed by atoms with Gasteiger partial charge >= 0.3 is 6.18 Å². The molecule has 0 amide bonds. The fourth-order valence-electron chi connectivity index (χ4n) is 2.78. The smallest absolute Gasteiger partial charge is 0.416 e. The SMILES string of the molecule is Cc1cc(Oc2ccc(C(F)(F)F)cc2NS(=O)(=O)c2ccc(Cl)cc2)cc(C)c1Cl. The van der Waals surface area contributed by atoms with Crippen LogP contribution in [0.3, 0.4) is 0 Å². The zero-order valence-corrected chi connectivity index (χ0v) is 18.5. The molecule has 0 radical (unpaired) electrons. The summed E-state index contributed by atoms with van der Waals surface area (Å²) in [6.45, 7) is 3.50. The van der Waals surface area contributed by atoms with E-state index in [1.807, 2.05) is 0 Å². The van der Waals surface area contributed by atoms with Gasteiger partial charge in [0.05, 0.1) is 16.1 Å². The van der Waals surface area contributed by atoms with Crippen molar-refractivity contribution in [3.05, 3.63) is 81.3 Å². The zero-order valence-electron chi connectivity index (χ0n) is 16.2. The summed E-state index contributed by atoms with van der Waals surface area (Å²) in [5.74, 6) is 0.192. The van der Waals surface area contributed by atoms with Crippen LogP contribution in [0.1, 0.15) is 16.7 Å². The summed E-state index contributed by atoms with van der Waals surface area (Å²) < 4.78 is 73.0. The summed E-state index contributed by atoms with van der Waals surface area (Å²) in [5, 5.41) is 0.846. The van der Waals surface area contributed by atoms with E-state index in [1.54, 1.807) is 26.0 Å². The monoisotopic (exact) mass is 489 g/mol. The van der Waals surface area contributed by atoms with Gasteiger partial charge in [-0.15, -0.1) is 0 Å². The van der Waals surface area contributed by atoms with Crippen LogP contribution in [0.25, 0.3) is 0 Å². The normalized spacial score (nSPS) is 12.0. The summed E-state index contributed by atoms with van der Waals surface area (Å²) in [4.78, 5) is -0.168. The highest BCUT2D eigenvalue weighted by Gasteiger charge is 2.32. The largest absolute Gasteiger partial charge is 0.455 e. The third-order valence-corrected chi connectivity index (χ3v) is 6.54. The van der Waals surface area contributed by atoms with Gasteiger partial charge in [-0.05, 0) is 79.6 Å². The van der Waals surface area contributed by atoms with Crippen molar-refractivity contribution in [2.24, 2.45) is 0 Å². The molecule has 10 heteroatoms. The van der Waals surface area contributed by atoms with Gasteiger partial charge in [0.25, 0.3) is 10.0 Å². The van der Waals surface area contributed by atoms with Gasteiger partial charge < -0.3 is 4.74 Å². The molecular formula is C21H16Cl2F3NO3S. The van der Waals surface area contributed by atoms with Crippen LogP contribution in [-0.4, -0.2) is 8.42 Å². The lowest BCUT2D eigenvalue weighted by Gasteiger charge is -2.17. The average molecular weight is 490 g/mol. The van der Waals surface area contributed by atoms with Gasteiger partial charge in [0.1, 0.15) is 5.75 Å². The van der Waals surface area contributed by atoms with E-state index in [0.717, 1.165) is 12.1 Å². The Kier molecular flexibility index (Phi) is 6.45. The standard InChI is InChI=1S/C21H16Cl2F3NO3S/c1-12-9-16(10-13(2)20(12)23)30-19-8-3-14(21(24,25)26)11-18(19)27-31(28,29)17-6-4-15(22)5-7-17/h3-11,27H,1-2H3. The molecule has 0 spiro atoms. The van der Waals surface area contributed by atoms with Crippen molar-refractivity contribution in [2.45, 2.75) is 24.9 Å². The predicted molar refractivity (Wildman–Crippen MR) is 115 cm³/mol. The van der Waals surface area contributed by atoms with Crippen LogP contribution in [0.5, 0.6) is 11.5 Å². The molecule has 0 fully saturated rings. The topological polar surface area (TPSA) is 55.4 Å². The third kappa shape index (κ3) is 5.44. The number of ether oxygens (including phenoxy) is 1. The van der Waals surface area contributed by atoms with Crippen molar-refractivity contribution in [3.8, 4) is 11.5 Å². The van der Waals surface area contributed by atoms with Crippen LogP contribution < -0.4 is 9.46 Å². The molecule has 3 rings (SSSR count). The number of nitrogens with one attached hydrogen (secondary N) is 1. The number of aryl methyl sites for hydroxylation is 2. The first-order valence-corrected chi connectivity index (χ1v) is 11.0. The molecule has 3 aromatic carbocycles. The number of hydrogen-bond acceptors (Lipinski definition) is 3. The molecule has 0 bridgehead atoms. The van der Waals surface area contributed by atoms with E-state index in [-0.39, 0.29) is 16.3 Å². The van der Waals surface area contributed by atoms with Crippen LogP contribution in [0.15, 0.2) is 59.5 Å². The number of sulfonamides is 1. The van der Waals surface area contributed by atoms with Crippen molar-refractivity contribution in [3.63, 3.8) is 0 Å². The highest BCUT2D eigenvalue weighted by atomic mass is 35.5. The van der Waals surface area contributed by atoms with Crippen LogP contribution in [0.2, 0.25) is 10.0 Å². The fraction of sp³-hybridized carbons (Fsp3) is 0.143. The molecule has 31 heavy (non-hydrogen) atoms. The Morgan fingerprint density at radius 1 is 0.903 bits per heavy atom. The molecule has 1 N–H and O–H groups in total. The van der Waals surface area contributed by atoms with E-state index in [4.69, 9.17) is 27.9 Å². The van der Waals surface area contributed by atoms with E-state index in [0.29, 0.717) is 33.0 Å². The second kappa shape index (κ2) is 8.61. The molecule has 0 atom stereocenters. The summed E-state index contributed by atoms with van der Waals surface area (Å²) in [6, 6.07) is 11.0. The molecule has 4 nitrogen and oxygen atoms in total. The Bertz CT molecular complexity index is 1200. The average Bonchev–Trinajstić information content (AvgIpc) is 2.66. The Labute approximate surface area is 187 Å². The maximum Gasteiger partial charge on any atom is 0.416 e. The molecule has 3 aromatic rings. The second-order valence-corrected chi connectivity index (χ2v) is 9.24. The van der Waals surface area contributed by atoms with E-state index in [9.17, 15) is 21.6 Å². The van der Waals surface area contributed by atoms with Crippen molar-refractivity contribution >= 4 is 38.9 Å². The van der Waals surface area contributed by atoms with Gasteiger partial charge in [0.15, 0.2) is 5.75 Å². The fourth-order valence-corrected chi connectivity index (χ4v) is 4.08. The number of rotatable bonds is 5. The van der Waals surface area contributed by atoms with Gasteiger partial charge in [-0.3, -0.25) is 4.72 Å². The molecule has 0 saturated heterocycles. The Hall–Kier alpha value is -2.42. The molecule has 0 aliphatic rings. The van der Waals surface area contributed by atoms with Gasteiger partial charge in [-0.2, -0.15) is 13.2 Å². The number of benzene rings is 3. The summed E-state index contributed by atoms with van der Waals surface area (Å²) in [5.41, 5.74) is 0.00546. The van der Waals surface area contributed by atoms with Crippen molar-refractivity contribution in [2.75, 3.05) is 4.72 Å². The molecule has 0 aromatic heterocycles. The first kappa shape index (κ1) is 23.2. The second-order valence-electron chi connectivity index (χ2n) is 6.74. The molecule has 0 heterocycles. The van der Waals surface area contributed by atoms with Gasteiger partial charge in [0, 0.05) is 10.0 Å². The first-order chi connectivity index (χ1) is 14.4. The van der Waals surface area contributed by atoms with Crippen molar-refractivity contribution < 1.29 is 26.3 Å². The van der Waals surface area contributed by atoms with Gasteiger partial charge in [-0.25, -0.2) is 8.42 Å². The minimum atomic E-state index is -4.67. The van der Waals surface area contributed by atoms with Crippen LogP contribution >= 0.6 is 23.2 Å². The highest BCUT2D eigenvalue weighted by Crippen LogP contribution is 2.38. The predicted octanol–water partition coefficient (Wildman–Crippen LogP) is 7.22. The number of hydrogen-bond donors (Lipinski definition) is 1. The minimum Gasteiger partial charge on any atom is -0.455 e. The minimum absolute atomic E-state index is 0.105. The highest BCUT2D eigenvalue weighted by molar-refractivity contribution is 7.92. The Morgan fingerprint density at radius 3 is 2.03 bits per heavy atom. The van der Waals surface area contributed by atoms with Crippen LogP contribution in [-0.2, 0) is 16.2 Å². The molecule has 0 aliphatic carbocycles. The number of halogens is 5. The van der Waals surface area contributed by atoms with Crippen molar-refractivity contribution in [1.29, 1.82) is 0 Å². The maximum atomic E-state index is 13.2. The number of alkyl halides is 3. The summed E-state index contributed by atoms with van der Waals surface area (Å²) in [6.07, 6.45) is -4.67. The lowest BCUT2D eigenvalue weighted by atomic mass is 10.1. The van der Waals surface area contributed by atoms with Crippen molar-refractivity contribution in [1.82, 2.24) is 0 Å². The summed E-state index contributed by atoms with van der Waals surface area (Å²) in [7, 11) is -4.21. The van der Waals surface area contributed by atoms with Gasteiger partial charge in [0.2, 0.25) is 0 Å². The Morgan fingerprint density at radius 2 is 1.48 bits per heavy atom. The van der Waals surface area contributed by atoms with Crippen LogP contribution in [0, 0.1) is 13.8 Å². The Balaban J connectivity index is 2.05. The third-order valence-electron chi connectivity index (χ3n) is 4.31. The van der Waals surface area contributed by atoms with E-state index in [2.05, 4.69) is 4.72 Å². The van der Waals surface area contributed by atoms with E-state index >= 15 is 0 Å². The molecule has 0 saturated carbocycles. The maximum absolute atomic E-state index is 13.2.